The van der Waals surface area contributed by atoms with E-state index in [1.165, 1.54) is 55.3 Å². The predicted octanol–water partition coefficient (Wildman–Crippen LogP) is 15.4. The van der Waals surface area contributed by atoms with Crippen molar-refractivity contribution in [2.75, 3.05) is 9.80 Å². The van der Waals surface area contributed by atoms with Gasteiger partial charge in [-0.15, -0.1) is 0 Å². The van der Waals surface area contributed by atoms with Crippen LogP contribution in [-0.2, 0) is 5.41 Å². The first-order chi connectivity index (χ1) is 28.0. The van der Waals surface area contributed by atoms with Crippen molar-refractivity contribution in [1.29, 1.82) is 0 Å². The largest absolute Gasteiger partial charge is 0.311 e. The molecule has 0 saturated heterocycles. The monoisotopic (exact) mass is 730 g/mol. The van der Waals surface area contributed by atoms with Crippen molar-refractivity contribution in [3.8, 4) is 33.4 Å². The van der Waals surface area contributed by atoms with Crippen molar-refractivity contribution in [3.05, 3.63) is 230 Å². The van der Waals surface area contributed by atoms with E-state index in [1.807, 2.05) is 0 Å². The summed E-state index contributed by atoms with van der Waals surface area (Å²) in [7, 11) is 0. The zero-order valence-corrected chi connectivity index (χ0v) is 32.2. The van der Waals surface area contributed by atoms with Gasteiger partial charge >= 0.3 is 0 Å². The maximum absolute atomic E-state index is 2.47. The number of anilines is 6. The molecule has 0 amide bonds. The Kier molecular flexibility index (Phi) is 8.53. The van der Waals surface area contributed by atoms with E-state index < -0.39 is 0 Å². The second-order valence-electron chi connectivity index (χ2n) is 15.4. The van der Waals surface area contributed by atoms with Crippen LogP contribution in [0.2, 0.25) is 0 Å². The molecule has 0 atom stereocenters. The zero-order valence-electron chi connectivity index (χ0n) is 32.2. The molecule has 2 heteroatoms. The van der Waals surface area contributed by atoms with Crippen LogP contribution in [0.4, 0.5) is 34.1 Å². The van der Waals surface area contributed by atoms with Crippen molar-refractivity contribution < 1.29 is 0 Å². The smallest absolute Gasteiger partial charge is 0.0462 e. The molecule has 0 bridgehead atoms. The van der Waals surface area contributed by atoms with Gasteiger partial charge < -0.3 is 9.80 Å². The van der Waals surface area contributed by atoms with Crippen molar-refractivity contribution >= 4 is 44.9 Å². The van der Waals surface area contributed by atoms with Crippen molar-refractivity contribution in [2.24, 2.45) is 0 Å². The van der Waals surface area contributed by atoms with E-state index >= 15 is 0 Å². The van der Waals surface area contributed by atoms with Crippen LogP contribution in [-0.4, -0.2) is 0 Å². The summed E-state index contributed by atoms with van der Waals surface area (Å²) in [4.78, 5) is 4.63. The van der Waals surface area contributed by atoms with Gasteiger partial charge in [0.1, 0.15) is 0 Å². The molecule has 0 saturated carbocycles. The van der Waals surface area contributed by atoms with E-state index in [4.69, 9.17) is 0 Å². The van der Waals surface area contributed by atoms with E-state index in [2.05, 4.69) is 242 Å². The van der Waals surface area contributed by atoms with Crippen molar-refractivity contribution in [2.45, 2.75) is 19.3 Å². The van der Waals surface area contributed by atoms with Crippen LogP contribution in [0.25, 0.3) is 44.2 Å². The molecule has 1 aliphatic rings. The van der Waals surface area contributed by atoms with Crippen LogP contribution in [0.1, 0.15) is 25.0 Å². The Hall–Kier alpha value is -7.16. The van der Waals surface area contributed by atoms with Crippen LogP contribution in [0.3, 0.4) is 0 Å². The fourth-order valence-electron chi connectivity index (χ4n) is 8.80. The lowest BCUT2D eigenvalue weighted by Gasteiger charge is -2.26. The summed E-state index contributed by atoms with van der Waals surface area (Å²) >= 11 is 0. The Morgan fingerprint density at radius 2 is 0.684 bits per heavy atom. The number of para-hydroxylation sites is 4. The van der Waals surface area contributed by atoms with Gasteiger partial charge in [0.05, 0.1) is 0 Å². The minimum absolute atomic E-state index is 0.186. The number of benzene rings is 9. The Labute approximate surface area is 335 Å². The predicted molar refractivity (Wildman–Crippen MR) is 242 cm³/mol. The second kappa shape index (κ2) is 14.2. The summed E-state index contributed by atoms with van der Waals surface area (Å²) in [6.45, 7) is 4.78. The van der Waals surface area contributed by atoms with Crippen LogP contribution in [0.15, 0.2) is 218 Å². The van der Waals surface area contributed by atoms with E-state index in [0.717, 1.165) is 34.1 Å². The minimum Gasteiger partial charge on any atom is -0.311 e. The molecule has 0 radical (unpaired) electrons. The van der Waals surface area contributed by atoms with Gasteiger partial charge in [-0.3, -0.25) is 0 Å². The molecule has 0 fully saturated rings. The van der Waals surface area contributed by atoms with Crippen molar-refractivity contribution in [3.63, 3.8) is 0 Å². The molecular weight excluding hydrogens is 689 g/mol. The first kappa shape index (κ1) is 34.3. The molecule has 9 aromatic rings. The average Bonchev–Trinajstić information content (AvgIpc) is 3.51. The molecule has 2 nitrogen and oxygen atoms in total. The Bertz CT molecular complexity index is 2750. The van der Waals surface area contributed by atoms with E-state index in [-0.39, 0.29) is 5.41 Å². The molecule has 10 rings (SSSR count). The SMILES string of the molecule is CC1(C)c2cc(-c3ccc(N(c4ccccc4)c4ccccc4)cc3)ccc2-c2c1cc(-c1ccc(N(c3ccccc3)c3ccccc3)cc1)c1ccccc21. The number of fused-ring (bicyclic) bond motifs is 5. The Morgan fingerprint density at radius 3 is 1.16 bits per heavy atom. The fraction of sp³-hybridized carbons (Fsp3) is 0.0545. The molecule has 0 heterocycles. The first-order valence-corrected chi connectivity index (χ1v) is 19.8. The number of hydrogen-bond donors (Lipinski definition) is 0. The maximum Gasteiger partial charge on any atom is 0.0462 e. The molecular formula is C55H42N2. The standard InChI is InChI=1S/C55H42N2/c1-55(2)52-37-41(39-27-32-46(33-28-39)56(42-17-7-3-8-18-42)43-19-9-4-10-20-43)31-36-50(52)54-49-26-16-15-25-48(49)51(38-53(54)55)40-29-34-47(35-30-40)57(44-21-11-5-12-22-44)45-23-13-6-14-24-45/h3-38H,1-2H3. The number of nitrogens with zero attached hydrogens (tertiary/aromatic N) is 2. The van der Waals surface area contributed by atoms with Crippen LogP contribution < -0.4 is 9.80 Å². The van der Waals surface area contributed by atoms with E-state index in [1.54, 1.807) is 0 Å². The molecule has 1 aliphatic carbocycles. The van der Waals surface area contributed by atoms with E-state index in [0.29, 0.717) is 0 Å². The molecule has 57 heavy (non-hydrogen) atoms. The number of rotatable bonds is 8. The summed E-state index contributed by atoms with van der Waals surface area (Å²) in [5.74, 6) is 0. The first-order valence-electron chi connectivity index (χ1n) is 19.8. The molecule has 0 unspecified atom stereocenters. The quantitative estimate of drug-likeness (QED) is 0.154. The maximum atomic E-state index is 2.47. The van der Waals surface area contributed by atoms with Gasteiger partial charge in [0.15, 0.2) is 0 Å². The number of hydrogen-bond acceptors (Lipinski definition) is 2. The van der Waals surface area contributed by atoms with Gasteiger partial charge in [-0.2, -0.15) is 0 Å². The summed E-state index contributed by atoms with van der Waals surface area (Å²) in [6, 6.07) is 79.0. The minimum atomic E-state index is -0.186. The summed E-state index contributed by atoms with van der Waals surface area (Å²) in [5, 5.41) is 2.58. The Balaban J connectivity index is 1.02. The van der Waals surface area contributed by atoms with Gasteiger partial charge in [-0.25, -0.2) is 0 Å². The van der Waals surface area contributed by atoms with E-state index in [9.17, 15) is 0 Å². The molecule has 9 aromatic carbocycles. The summed E-state index contributed by atoms with van der Waals surface area (Å²) in [6.07, 6.45) is 0. The third kappa shape index (κ3) is 6.07. The van der Waals surface area contributed by atoms with Gasteiger partial charge in [0.25, 0.3) is 0 Å². The molecule has 0 N–H and O–H groups in total. The van der Waals surface area contributed by atoms with Gasteiger partial charge in [-0.1, -0.05) is 147 Å². The average molecular weight is 731 g/mol. The third-order valence-corrected chi connectivity index (χ3v) is 11.6. The van der Waals surface area contributed by atoms with Gasteiger partial charge in [-0.05, 0) is 140 Å². The molecule has 0 spiro atoms. The zero-order chi connectivity index (χ0) is 38.3. The summed E-state index contributed by atoms with van der Waals surface area (Å²) < 4.78 is 0. The highest BCUT2D eigenvalue weighted by atomic mass is 15.1. The molecule has 0 aromatic heterocycles. The normalized spacial score (nSPS) is 12.5. The lowest BCUT2D eigenvalue weighted by atomic mass is 9.80. The van der Waals surface area contributed by atoms with Gasteiger partial charge in [0.2, 0.25) is 0 Å². The third-order valence-electron chi connectivity index (χ3n) is 11.6. The van der Waals surface area contributed by atoms with Crippen molar-refractivity contribution in [1.82, 2.24) is 0 Å². The summed E-state index contributed by atoms with van der Waals surface area (Å²) in [5.41, 5.74) is 17.0. The van der Waals surface area contributed by atoms with Crippen LogP contribution >= 0.6 is 0 Å². The molecule has 272 valence electrons. The second-order valence-corrected chi connectivity index (χ2v) is 15.4. The Morgan fingerprint density at radius 1 is 0.298 bits per heavy atom. The van der Waals surface area contributed by atoms with Gasteiger partial charge in [0, 0.05) is 39.5 Å². The highest BCUT2D eigenvalue weighted by Gasteiger charge is 2.37. The highest BCUT2D eigenvalue weighted by Crippen LogP contribution is 2.54. The topological polar surface area (TPSA) is 6.48 Å². The molecule has 0 aliphatic heterocycles. The fourth-order valence-corrected chi connectivity index (χ4v) is 8.80. The van der Waals surface area contributed by atoms with Crippen LogP contribution in [0, 0.1) is 0 Å². The lowest BCUT2D eigenvalue weighted by Crippen LogP contribution is -2.15. The highest BCUT2D eigenvalue weighted by molar-refractivity contribution is 6.09. The lowest BCUT2D eigenvalue weighted by molar-refractivity contribution is 0.661. The van der Waals surface area contributed by atoms with Crippen LogP contribution in [0.5, 0.6) is 0 Å².